The van der Waals surface area contributed by atoms with Crippen LogP contribution in [0, 0.1) is 11.8 Å². The fraction of sp³-hybridized carbons (Fsp3) is 0.255. The number of hydrogen-bond acceptors (Lipinski definition) is 3. The van der Waals surface area contributed by atoms with Crippen LogP contribution in [0.1, 0.15) is 75.3 Å². The van der Waals surface area contributed by atoms with Gasteiger partial charge in [-0.05, 0) is 159 Å². The number of fused-ring (bicyclic) bond motifs is 4. The molecule has 0 spiro atoms. The number of benzene rings is 3. The largest absolute Gasteiger partial charge is 0.386 e. The standard InChI is InChI=1S/C55H51N3/c1-56-51-20-10-11-21-52(51)58-35-45-34-43(42-28-22-36-12-2-4-14-40(36)32-42)30-31-50(45)57-55(58)39-26-24-38(25-27-39)53-46-16-6-8-18-48(46)54(49-19-9-7-17-47(49)53)44-29-23-37-13-3-5-15-41(37)33-44/h2-4,6,8,10-14,16-24,26,28-29,34,40-41,56H,5,7,9,15,25,27,30-33,35H2,1H3. The lowest BCUT2D eigenvalue weighted by atomic mass is 9.76. The minimum atomic E-state index is 0.485. The van der Waals surface area contributed by atoms with Crippen molar-refractivity contribution in [3.8, 4) is 0 Å². The minimum Gasteiger partial charge on any atom is -0.386 e. The molecule has 0 saturated heterocycles. The molecule has 3 aromatic rings. The molecule has 58 heavy (non-hydrogen) atoms. The van der Waals surface area contributed by atoms with Gasteiger partial charge in [-0.3, -0.25) is 0 Å². The van der Waals surface area contributed by atoms with Crippen molar-refractivity contribution >= 4 is 51.3 Å². The molecule has 8 aliphatic rings. The number of amidine groups is 1. The van der Waals surface area contributed by atoms with E-state index in [4.69, 9.17) is 4.99 Å². The summed E-state index contributed by atoms with van der Waals surface area (Å²) in [4.78, 5) is 8.07. The number of allylic oxidation sites excluding steroid dienone is 19. The fourth-order valence-electron chi connectivity index (χ4n) is 10.8. The normalized spacial score (nSPS) is 23.3. The molecule has 7 aliphatic carbocycles. The molecule has 3 aromatic carbocycles. The number of nitrogens with zero attached hydrogens (tertiary/aromatic N) is 2. The van der Waals surface area contributed by atoms with Gasteiger partial charge < -0.3 is 10.2 Å². The van der Waals surface area contributed by atoms with Gasteiger partial charge in [0.1, 0.15) is 5.84 Å². The van der Waals surface area contributed by atoms with Gasteiger partial charge in [0.25, 0.3) is 0 Å². The molecule has 0 bridgehead atoms. The molecule has 286 valence electrons. The molecule has 3 nitrogen and oxygen atoms in total. The Labute approximate surface area is 343 Å². The molecule has 0 radical (unpaired) electrons. The second kappa shape index (κ2) is 14.8. The lowest BCUT2D eigenvalue weighted by Crippen LogP contribution is -2.38. The molecule has 1 N–H and O–H groups in total. The first-order valence-corrected chi connectivity index (χ1v) is 21.7. The van der Waals surface area contributed by atoms with E-state index in [1.807, 2.05) is 7.05 Å². The van der Waals surface area contributed by atoms with Crippen LogP contribution in [0.4, 0.5) is 11.4 Å². The Morgan fingerprint density at radius 1 is 0.655 bits per heavy atom. The molecule has 0 amide bonds. The number of para-hydroxylation sites is 2. The van der Waals surface area contributed by atoms with Crippen LogP contribution in [-0.2, 0) is 0 Å². The van der Waals surface area contributed by atoms with Crippen molar-refractivity contribution in [2.75, 3.05) is 23.8 Å². The molecular weight excluding hydrogens is 703 g/mol. The van der Waals surface area contributed by atoms with E-state index in [1.165, 1.54) is 101 Å². The molecule has 2 atom stereocenters. The van der Waals surface area contributed by atoms with Crippen LogP contribution in [0.2, 0.25) is 0 Å². The van der Waals surface area contributed by atoms with Crippen LogP contribution in [0.15, 0.2) is 172 Å². The average Bonchev–Trinajstić information content (AvgIpc) is 3.30. The van der Waals surface area contributed by atoms with Crippen molar-refractivity contribution in [3.63, 3.8) is 0 Å². The number of nitrogens with one attached hydrogen (secondary N) is 1. The highest BCUT2D eigenvalue weighted by Gasteiger charge is 2.31. The zero-order valence-electron chi connectivity index (χ0n) is 33.6. The zero-order chi connectivity index (χ0) is 38.6. The van der Waals surface area contributed by atoms with Crippen LogP contribution in [0.5, 0.6) is 0 Å². The Kier molecular flexibility index (Phi) is 8.98. The van der Waals surface area contributed by atoms with E-state index < -0.39 is 0 Å². The topological polar surface area (TPSA) is 27.6 Å². The maximum absolute atomic E-state index is 5.59. The summed E-state index contributed by atoms with van der Waals surface area (Å²) in [6, 6.07) is 18.0. The third-order valence-electron chi connectivity index (χ3n) is 13.8. The highest BCUT2D eigenvalue weighted by Crippen LogP contribution is 2.43. The van der Waals surface area contributed by atoms with Gasteiger partial charge in [0.2, 0.25) is 0 Å². The average molecular weight is 754 g/mol. The van der Waals surface area contributed by atoms with Gasteiger partial charge >= 0.3 is 0 Å². The maximum atomic E-state index is 5.59. The molecule has 0 fully saturated rings. The third kappa shape index (κ3) is 6.14. The predicted octanol–water partition coefficient (Wildman–Crippen LogP) is 11.9. The molecular formula is C55H51N3. The molecule has 11 rings (SSSR count). The Morgan fingerprint density at radius 3 is 2.21 bits per heavy atom. The summed E-state index contributed by atoms with van der Waals surface area (Å²) in [5.74, 6) is 2.22. The quantitative estimate of drug-likeness (QED) is 0.271. The first-order valence-electron chi connectivity index (χ1n) is 21.7. The van der Waals surface area contributed by atoms with E-state index in [0.717, 1.165) is 69.4 Å². The molecule has 1 heterocycles. The lowest BCUT2D eigenvalue weighted by molar-refractivity contribution is 0.573. The van der Waals surface area contributed by atoms with Gasteiger partial charge in [-0.15, -0.1) is 0 Å². The van der Waals surface area contributed by atoms with Gasteiger partial charge in [0, 0.05) is 18.7 Å². The first kappa shape index (κ1) is 35.2. The summed E-state index contributed by atoms with van der Waals surface area (Å²) >= 11 is 0. The second-order valence-electron chi connectivity index (χ2n) is 17.1. The van der Waals surface area contributed by atoms with Crippen LogP contribution < -0.4 is 20.7 Å². The fourth-order valence-corrected chi connectivity index (χ4v) is 10.8. The minimum absolute atomic E-state index is 0.485. The van der Waals surface area contributed by atoms with Crippen molar-refractivity contribution in [3.05, 3.63) is 188 Å². The van der Waals surface area contributed by atoms with Crippen LogP contribution in [-0.4, -0.2) is 19.4 Å². The highest BCUT2D eigenvalue weighted by atomic mass is 15.2. The summed E-state index contributed by atoms with van der Waals surface area (Å²) < 4.78 is 0. The van der Waals surface area contributed by atoms with Crippen molar-refractivity contribution in [2.45, 2.75) is 64.2 Å². The van der Waals surface area contributed by atoms with Gasteiger partial charge in [-0.1, -0.05) is 128 Å². The summed E-state index contributed by atoms with van der Waals surface area (Å²) in [5, 5.41) is 9.17. The summed E-state index contributed by atoms with van der Waals surface area (Å²) in [5.41, 5.74) is 18.0. The highest BCUT2D eigenvalue weighted by molar-refractivity contribution is 6.13. The van der Waals surface area contributed by atoms with Gasteiger partial charge in [-0.2, -0.15) is 0 Å². The van der Waals surface area contributed by atoms with Gasteiger partial charge in [0.05, 0.1) is 17.9 Å². The van der Waals surface area contributed by atoms with E-state index in [9.17, 15) is 0 Å². The van der Waals surface area contributed by atoms with Crippen molar-refractivity contribution in [1.29, 1.82) is 0 Å². The summed E-state index contributed by atoms with van der Waals surface area (Å²) in [6.07, 6.45) is 46.4. The number of hydrogen-bond donors (Lipinski definition) is 1. The molecule has 1 aliphatic heterocycles. The Morgan fingerprint density at radius 2 is 1.38 bits per heavy atom. The molecule has 0 aromatic heterocycles. The van der Waals surface area contributed by atoms with Crippen LogP contribution >= 0.6 is 0 Å². The molecule has 0 saturated carbocycles. The first-order chi connectivity index (χ1) is 28.7. The summed E-state index contributed by atoms with van der Waals surface area (Å²) in [7, 11) is 2.03. The number of rotatable bonds is 6. The van der Waals surface area contributed by atoms with Crippen molar-refractivity contribution in [1.82, 2.24) is 0 Å². The molecule has 2 unspecified atom stereocenters. The summed E-state index contributed by atoms with van der Waals surface area (Å²) in [6.45, 7) is 0.818. The number of anilines is 2. The third-order valence-corrected chi connectivity index (χ3v) is 13.8. The lowest BCUT2D eigenvalue weighted by Gasteiger charge is -2.36. The predicted molar refractivity (Wildman–Crippen MR) is 247 cm³/mol. The van der Waals surface area contributed by atoms with E-state index in [1.54, 1.807) is 0 Å². The second-order valence-corrected chi connectivity index (χ2v) is 17.1. The van der Waals surface area contributed by atoms with Crippen molar-refractivity contribution < 1.29 is 0 Å². The van der Waals surface area contributed by atoms with E-state index >= 15 is 0 Å². The monoisotopic (exact) mass is 753 g/mol. The molecule has 3 heteroatoms. The number of aliphatic imine (C=N–C) groups is 1. The van der Waals surface area contributed by atoms with E-state index in [-0.39, 0.29) is 0 Å². The van der Waals surface area contributed by atoms with Gasteiger partial charge in [0.15, 0.2) is 0 Å². The van der Waals surface area contributed by atoms with Crippen molar-refractivity contribution in [2.24, 2.45) is 16.8 Å². The Bertz CT molecular complexity index is 2790. The van der Waals surface area contributed by atoms with Gasteiger partial charge in [-0.25, -0.2) is 4.99 Å². The Balaban J connectivity index is 0.995. The maximum Gasteiger partial charge on any atom is 0.136 e. The zero-order valence-corrected chi connectivity index (χ0v) is 33.6. The van der Waals surface area contributed by atoms with E-state index in [0.29, 0.717) is 11.8 Å². The van der Waals surface area contributed by atoms with Crippen LogP contribution in [0.25, 0.3) is 34.1 Å². The van der Waals surface area contributed by atoms with E-state index in [2.05, 4.69) is 150 Å². The van der Waals surface area contributed by atoms with Crippen LogP contribution in [0.3, 0.4) is 0 Å². The smallest absolute Gasteiger partial charge is 0.136 e. The SMILES string of the molecule is CNc1ccccc1N1CC2=C(CCC(C3=CC=C4C=CC=CC4C3)=C2)N=C1C1=CC=C(c2c3c(c(C4=CC=C5C=CCCC5C4)c4ccccc24)=CCCC=3)CC1. The Hall–Kier alpha value is -5.93.